The first kappa shape index (κ1) is 16.5. The molecule has 0 aromatic heterocycles. The molecule has 2 saturated heterocycles. The molecule has 0 aliphatic carbocycles. The lowest BCUT2D eigenvalue weighted by Gasteiger charge is -2.36. The van der Waals surface area contributed by atoms with Gasteiger partial charge in [0, 0.05) is 13.2 Å². The van der Waals surface area contributed by atoms with Crippen molar-refractivity contribution < 1.29 is 9.53 Å². The van der Waals surface area contributed by atoms with Crippen molar-refractivity contribution >= 4 is 5.91 Å². The predicted octanol–water partition coefficient (Wildman–Crippen LogP) is 2.35. The normalized spacial score (nSPS) is 26.5. The lowest BCUT2D eigenvalue weighted by atomic mass is 9.84. The predicted molar refractivity (Wildman–Crippen MR) is 90.9 cm³/mol. The maximum Gasteiger partial charge on any atom is 0.223 e. The Morgan fingerprint density at radius 3 is 2.57 bits per heavy atom. The van der Waals surface area contributed by atoms with E-state index in [1.807, 2.05) is 0 Å². The second kappa shape index (κ2) is 7.45. The van der Waals surface area contributed by atoms with E-state index < -0.39 is 0 Å². The van der Waals surface area contributed by atoms with Gasteiger partial charge < -0.3 is 10.5 Å². The van der Waals surface area contributed by atoms with Gasteiger partial charge >= 0.3 is 0 Å². The van der Waals surface area contributed by atoms with E-state index in [2.05, 4.69) is 36.1 Å². The van der Waals surface area contributed by atoms with Gasteiger partial charge in [-0.15, -0.1) is 0 Å². The minimum atomic E-state index is -0.188. The molecule has 4 heteroatoms. The largest absolute Gasteiger partial charge is 0.377 e. The molecular formula is C19H28N2O2. The van der Waals surface area contributed by atoms with Gasteiger partial charge in [0.25, 0.3) is 0 Å². The van der Waals surface area contributed by atoms with Crippen LogP contribution in [0.2, 0.25) is 0 Å². The minimum absolute atomic E-state index is 0.0533. The third-order valence-corrected chi connectivity index (χ3v) is 5.49. The molecular weight excluding hydrogens is 288 g/mol. The summed E-state index contributed by atoms with van der Waals surface area (Å²) < 4.78 is 5.84. The van der Waals surface area contributed by atoms with Crippen LogP contribution < -0.4 is 5.73 Å². The number of aryl methyl sites for hydroxylation is 1. The van der Waals surface area contributed by atoms with Crippen LogP contribution in [0.4, 0.5) is 0 Å². The Hall–Kier alpha value is -1.39. The summed E-state index contributed by atoms with van der Waals surface area (Å²) in [5.74, 6) is 0.215. The van der Waals surface area contributed by atoms with Crippen LogP contribution in [0, 0.1) is 11.8 Å². The molecule has 1 aromatic carbocycles. The van der Waals surface area contributed by atoms with Crippen LogP contribution in [0.1, 0.15) is 37.3 Å². The fourth-order valence-corrected chi connectivity index (χ4v) is 4.12. The van der Waals surface area contributed by atoms with E-state index in [0.29, 0.717) is 12.5 Å². The molecule has 2 atom stereocenters. The van der Waals surface area contributed by atoms with E-state index in [1.54, 1.807) is 0 Å². The number of carbonyl (C=O) groups excluding carboxylic acids is 1. The number of hydrogen-bond acceptors (Lipinski definition) is 3. The molecule has 3 rings (SSSR count). The van der Waals surface area contributed by atoms with Crippen molar-refractivity contribution in [3.05, 3.63) is 35.4 Å². The number of piperidine rings is 1. The molecule has 2 aliphatic rings. The van der Waals surface area contributed by atoms with Crippen LogP contribution in [0.15, 0.2) is 24.3 Å². The van der Waals surface area contributed by atoms with Crippen molar-refractivity contribution in [1.82, 2.24) is 4.90 Å². The molecule has 1 amide bonds. The number of carbonyl (C=O) groups is 1. The van der Waals surface area contributed by atoms with Crippen molar-refractivity contribution in [1.29, 1.82) is 0 Å². The number of rotatable bonds is 5. The first-order chi connectivity index (χ1) is 11.2. The first-order valence-electron chi connectivity index (χ1n) is 8.89. The Labute approximate surface area is 139 Å². The zero-order valence-electron chi connectivity index (χ0n) is 14.0. The third-order valence-electron chi connectivity index (χ3n) is 5.49. The molecule has 0 saturated carbocycles. The Morgan fingerprint density at radius 2 is 1.91 bits per heavy atom. The van der Waals surface area contributed by atoms with Gasteiger partial charge in [-0.25, -0.2) is 0 Å². The van der Waals surface area contributed by atoms with Gasteiger partial charge in [-0.1, -0.05) is 31.2 Å². The highest BCUT2D eigenvalue weighted by Crippen LogP contribution is 2.33. The average molecular weight is 316 g/mol. The van der Waals surface area contributed by atoms with E-state index >= 15 is 0 Å². The number of ether oxygens (including phenoxy) is 1. The number of nitrogens with two attached hydrogens (primary N) is 1. The number of hydrogen-bond donors (Lipinski definition) is 1. The summed E-state index contributed by atoms with van der Waals surface area (Å²) in [6, 6.07) is 8.72. The molecule has 0 radical (unpaired) electrons. The molecule has 2 N–H and O–H groups in total. The van der Waals surface area contributed by atoms with E-state index in [4.69, 9.17) is 10.5 Å². The number of likely N-dealkylation sites (tertiary alicyclic amines) is 1. The second-order valence-corrected chi connectivity index (χ2v) is 6.87. The molecule has 4 nitrogen and oxygen atoms in total. The minimum Gasteiger partial charge on any atom is -0.377 e. The maximum absolute atomic E-state index is 11.6. The van der Waals surface area contributed by atoms with Crippen LogP contribution >= 0.6 is 0 Å². The lowest BCUT2D eigenvalue weighted by molar-refractivity contribution is -0.124. The first-order valence-corrected chi connectivity index (χ1v) is 8.89. The molecule has 23 heavy (non-hydrogen) atoms. The number of benzene rings is 1. The summed E-state index contributed by atoms with van der Waals surface area (Å²) in [6.07, 6.45) is 4.14. The topological polar surface area (TPSA) is 55.6 Å². The Bertz CT molecular complexity index is 538. The Kier molecular flexibility index (Phi) is 5.34. The number of primary amides is 1. The summed E-state index contributed by atoms with van der Waals surface area (Å²) in [6.45, 7) is 6.08. The average Bonchev–Trinajstić information content (AvgIpc) is 3.06. The molecule has 0 bridgehead atoms. The molecule has 2 heterocycles. The van der Waals surface area contributed by atoms with Crippen LogP contribution in [-0.2, 0) is 22.5 Å². The molecule has 0 spiro atoms. The number of nitrogens with zero attached hydrogens (tertiary/aromatic N) is 1. The molecule has 2 aliphatic heterocycles. The Balaban J connectivity index is 1.55. The van der Waals surface area contributed by atoms with Crippen LogP contribution in [0.5, 0.6) is 0 Å². The third kappa shape index (κ3) is 3.75. The lowest BCUT2D eigenvalue weighted by Crippen LogP contribution is -2.42. The van der Waals surface area contributed by atoms with E-state index in [0.717, 1.165) is 45.3 Å². The SMILES string of the molecule is CCc1ccccc1CN1CCC([C@H]2OCC[C@@H]2C(N)=O)CC1. The van der Waals surface area contributed by atoms with Gasteiger partial charge in [0.15, 0.2) is 0 Å². The highest BCUT2D eigenvalue weighted by molar-refractivity contribution is 5.77. The van der Waals surface area contributed by atoms with Crippen molar-refractivity contribution in [2.24, 2.45) is 17.6 Å². The van der Waals surface area contributed by atoms with Crippen LogP contribution in [0.3, 0.4) is 0 Å². The summed E-state index contributed by atoms with van der Waals surface area (Å²) in [7, 11) is 0. The number of amides is 1. The van der Waals surface area contributed by atoms with Crippen molar-refractivity contribution in [2.45, 2.75) is 45.3 Å². The van der Waals surface area contributed by atoms with Crippen LogP contribution in [-0.4, -0.2) is 36.6 Å². The Morgan fingerprint density at radius 1 is 1.22 bits per heavy atom. The summed E-state index contributed by atoms with van der Waals surface area (Å²) in [5.41, 5.74) is 8.42. The van der Waals surface area contributed by atoms with Gasteiger partial charge in [-0.05, 0) is 55.8 Å². The standard InChI is InChI=1S/C19H28N2O2/c1-2-14-5-3-4-6-16(14)13-21-10-7-15(8-11-21)18-17(19(20)22)9-12-23-18/h3-6,15,17-18H,2,7-13H2,1H3,(H2,20,22)/t17-,18+/m0/s1. The summed E-state index contributed by atoms with van der Waals surface area (Å²) in [4.78, 5) is 14.1. The summed E-state index contributed by atoms with van der Waals surface area (Å²) in [5, 5.41) is 0. The molecule has 1 aromatic rings. The zero-order valence-corrected chi connectivity index (χ0v) is 14.0. The van der Waals surface area contributed by atoms with Gasteiger partial charge in [0.05, 0.1) is 12.0 Å². The van der Waals surface area contributed by atoms with Gasteiger partial charge in [-0.3, -0.25) is 9.69 Å². The quantitative estimate of drug-likeness (QED) is 0.907. The smallest absolute Gasteiger partial charge is 0.223 e. The van der Waals surface area contributed by atoms with E-state index in [-0.39, 0.29) is 17.9 Å². The monoisotopic (exact) mass is 316 g/mol. The van der Waals surface area contributed by atoms with Crippen molar-refractivity contribution in [3.8, 4) is 0 Å². The fraction of sp³-hybridized carbons (Fsp3) is 0.632. The van der Waals surface area contributed by atoms with E-state index in [9.17, 15) is 4.79 Å². The van der Waals surface area contributed by atoms with Crippen LogP contribution in [0.25, 0.3) is 0 Å². The highest BCUT2D eigenvalue weighted by atomic mass is 16.5. The van der Waals surface area contributed by atoms with Crippen molar-refractivity contribution in [3.63, 3.8) is 0 Å². The highest BCUT2D eigenvalue weighted by Gasteiger charge is 2.39. The molecule has 0 unspecified atom stereocenters. The molecule has 126 valence electrons. The van der Waals surface area contributed by atoms with Gasteiger partial charge in [-0.2, -0.15) is 0 Å². The zero-order chi connectivity index (χ0) is 16.2. The van der Waals surface area contributed by atoms with Crippen molar-refractivity contribution in [2.75, 3.05) is 19.7 Å². The fourth-order valence-electron chi connectivity index (χ4n) is 4.12. The maximum atomic E-state index is 11.6. The van der Waals surface area contributed by atoms with Gasteiger partial charge in [0.1, 0.15) is 0 Å². The molecule has 2 fully saturated rings. The van der Waals surface area contributed by atoms with Gasteiger partial charge in [0.2, 0.25) is 5.91 Å². The summed E-state index contributed by atoms with van der Waals surface area (Å²) >= 11 is 0. The second-order valence-electron chi connectivity index (χ2n) is 6.87. The van der Waals surface area contributed by atoms with E-state index in [1.165, 1.54) is 11.1 Å².